The summed E-state index contributed by atoms with van der Waals surface area (Å²) in [5.41, 5.74) is 3.89. The Morgan fingerprint density at radius 2 is 1.64 bits per heavy atom. The molecular formula is C27H24ClN3O5. The van der Waals surface area contributed by atoms with E-state index in [0.717, 1.165) is 21.7 Å². The van der Waals surface area contributed by atoms with Gasteiger partial charge in [-0.3, -0.25) is 14.4 Å². The van der Waals surface area contributed by atoms with E-state index in [4.69, 9.17) is 21.1 Å². The molecule has 3 aromatic rings. The Kier molecular flexibility index (Phi) is 6.98. The molecule has 3 amide bonds. The second-order valence-corrected chi connectivity index (χ2v) is 8.45. The van der Waals surface area contributed by atoms with E-state index in [1.54, 1.807) is 42.5 Å². The van der Waals surface area contributed by atoms with Crippen molar-refractivity contribution in [2.45, 2.75) is 13.8 Å². The molecule has 1 aliphatic heterocycles. The number of amides is 3. The van der Waals surface area contributed by atoms with Crippen LogP contribution >= 0.6 is 11.6 Å². The number of methoxy groups -OCH3 is 2. The van der Waals surface area contributed by atoms with E-state index >= 15 is 0 Å². The highest BCUT2D eigenvalue weighted by Crippen LogP contribution is 2.37. The van der Waals surface area contributed by atoms with Crippen molar-refractivity contribution in [2.24, 2.45) is 0 Å². The third-order valence-corrected chi connectivity index (χ3v) is 6.28. The third kappa shape index (κ3) is 4.63. The monoisotopic (exact) mass is 505 g/mol. The summed E-state index contributed by atoms with van der Waals surface area (Å²) in [7, 11) is 2.93. The van der Waals surface area contributed by atoms with Gasteiger partial charge in [0.25, 0.3) is 17.7 Å². The van der Waals surface area contributed by atoms with Crippen molar-refractivity contribution in [3.8, 4) is 11.5 Å². The van der Waals surface area contributed by atoms with Gasteiger partial charge < -0.3 is 20.1 Å². The molecule has 4 rings (SSSR count). The summed E-state index contributed by atoms with van der Waals surface area (Å²) in [6.45, 7) is 3.92. The van der Waals surface area contributed by atoms with Gasteiger partial charge in [0.2, 0.25) is 0 Å². The lowest BCUT2D eigenvalue weighted by atomic mass is 10.1. The summed E-state index contributed by atoms with van der Waals surface area (Å²) in [5, 5.41) is 5.55. The molecule has 3 aromatic carbocycles. The van der Waals surface area contributed by atoms with E-state index in [1.165, 1.54) is 14.2 Å². The zero-order valence-electron chi connectivity index (χ0n) is 20.1. The fourth-order valence-corrected chi connectivity index (χ4v) is 3.94. The van der Waals surface area contributed by atoms with E-state index in [0.29, 0.717) is 17.0 Å². The van der Waals surface area contributed by atoms with Gasteiger partial charge in [0, 0.05) is 23.0 Å². The van der Waals surface area contributed by atoms with Crippen LogP contribution in [0.4, 0.5) is 17.1 Å². The van der Waals surface area contributed by atoms with Crippen LogP contribution in [0, 0.1) is 13.8 Å². The lowest BCUT2D eigenvalue weighted by Crippen LogP contribution is -2.32. The maximum absolute atomic E-state index is 13.1. The fraction of sp³-hybridized carbons (Fsp3) is 0.148. The number of carbonyl (C=O) groups excluding carboxylic acids is 3. The minimum atomic E-state index is -0.683. The van der Waals surface area contributed by atoms with Crippen molar-refractivity contribution >= 4 is 46.4 Å². The normalized spacial score (nSPS) is 13.2. The molecule has 0 saturated carbocycles. The molecule has 1 heterocycles. The number of benzene rings is 3. The summed E-state index contributed by atoms with van der Waals surface area (Å²) in [4.78, 5) is 39.6. The van der Waals surface area contributed by atoms with Crippen molar-refractivity contribution in [1.29, 1.82) is 0 Å². The van der Waals surface area contributed by atoms with Gasteiger partial charge in [-0.2, -0.15) is 0 Å². The van der Waals surface area contributed by atoms with Crippen LogP contribution in [-0.4, -0.2) is 31.9 Å². The summed E-state index contributed by atoms with van der Waals surface area (Å²) in [6.07, 6.45) is 0. The second-order valence-electron chi connectivity index (χ2n) is 8.08. The van der Waals surface area contributed by atoms with E-state index in [2.05, 4.69) is 10.6 Å². The molecule has 36 heavy (non-hydrogen) atoms. The molecule has 9 heteroatoms. The molecule has 0 fully saturated rings. The van der Waals surface area contributed by atoms with Crippen molar-refractivity contribution < 1.29 is 23.9 Å². The van der Waals surface area contributed by atoms with Crippen LogP contribution in [0.3, 0.4) is 0 Å². The summed E-state index contributed by atoms with van der Waals surface area (Å²) >= 11 is 6.25. The van der Waals surface area contributed by atoms with Gasteiger partial charge in [-0.05, 0) is 67.4 Å². The summed E-state index contributed by atoms with van der Waals surface area (Å²) in [6, 6.07) is 16.9. The predicted octanol–water partition coefficient (Wildman–Crippen LogP) is 5.01. The Hall–Kier alpha value is -4.30. The highest BCUT2D eigenvalue weighted by Gasteiger charge is 2.40. The molecule has 0 saturated heterocycles. The minimum absolute atomic E-state index is 0.0767. The molecule has 1 aliphatic rings. The van der Waals surface area contributed by atoms with Crippen LogP contribution in [0.1, 0.15) is 21.5 Å². The minimum Gasteiger partial charge on any atom is -0.497 e. The number of carbonyl (C=O) groups is 3. The highest BCUT2D eigenvalue weighted by molar-refractivity contribution is 6.53. The Morgan fingerprint density at radius 3 is 2.31 bits per heavy atom. The number of imide groups is 1. The Labute approximate surface area is 213 Å². The Bertz CT molecular complexity index is 1400. The van der Waals surface area contributed by atoms with Crippen LogP contribution in [-0.2, 0) is 9.59 Å². The zero-order valence-corrected chi connectivity index (χ0v) is 20.9. The molecule has 0 bridgehead atoms. The second kappa shape index (κ2) is 10.1. The SMILES string of the molecule is COc1ccc(N2C(=O)C(Cl)=C(Nc3ccc(C(=O)Nc4cccc(C)c4C)cc3)C2=O)c(OC)c1. The first-order chi connectivity index (χ1) is 17.2. The van der Waals surface area contributed by atoms with Crippen LogP contribution in [0.25, 0.3) is 0 Å². The average molecular weight is 506 g/mol. The lowest BCUT2D eigenvalue weighted by molar-refractivity contribution is -0.120. The number of hydrogen-bond acceptors (Lipinski definition) is 6. The topological polar surface area (TPSA) is 97.0 Å². The van der Waals surface area contributed by atoms with E-state index < -0.39 is 11.8 Å². The van der Waals surface area contributed by atoms with Crippen LogP contribution in [0.2, 0.25) is 0 Å². The van der Waals surface area contributed by atoms with E-state index in [9.17, 15) is 14.4 Å². The molecule has 0 aliphatic carbocycles. The van der Waals surface area contributed by atoms with Gasteiger partial charge in [-0.15, -0.1) is 0 Å². The third-order valence-electron chi connectivity index (χ3n) is 5.92. The number of hydrogen-bond donors (Lipinski definition) is 2. The van der Waals surface area contributed by atoms with Crippen molar-refractivity contribution in [2.75, 3.05) is 29.8 Å². The Morgan fingerprint density at radius 1 is 0.917 bits per heavy atom. The molecule has 8 nitrogen and oxygen atoms in total. The Balaban J connectivity index is 1.51. The van der Waals surface area contributed by atoms with Gasteiger partial charge in [-0.25, -0.2) is 4.90 Å². The van der Waals surface area contributed by atoms with Gasteiger partial charge in [0.05, 0.1) is 19.9 Å². The lowest BCUT2D eigenvalue weighted by Gasteiger charge is -2.18. The first kappa shape index (κ1) is 24.8. The van der Waals surface area contributed by atoms with Gasteiger partial charge in [-0.1, -0.05) is 23.7 Å². The smallest absolute Gasteiger partial charge is 0.283 e. The van der Waals surface area contributed by atoms with Gasteiger partial charge >= 0.3 is 0 Å². The largest absolute Gasteiger partial charge is 0.497 e. The number of rotatable bonds is 7. The number of nitrogens with zero attached hydrogens (tertiary/aromatic N) is 1. The number of anilines is 3. The van der Waals surface area contributed by atoms with E-state index in [1.807, 2.05) is 32.0 Å². The molecule has 0 aromatic heterocycles. The first-order valence-electron chi connectivity index (χ1n) is 11.0. The molecule has 184 valence electrons. The van der Waals surface area contributed by atoms with Gasteiger partial charge in [0.15, 0.2) is 0 Å². The predicted molar refractivity (Wildman–Crippen MR) is 139 cm³/mol. The molecule has 0 atom stereocenters. The highest BCUT2D eigenvalue weighted by atomic mass is 35.5. The van der Waals surface area contributed by atoms with Crippen molar-refractivity contribution in [3.05, 3.63) is 88.1 Å². The molecule has 0 spiro atoms. The van der Waals surface area contributed by atoms with Crippen molar-refractivity contribution in [3.63, 3.8) is 0 Å². The average Bonchev–Trinajstić information content (AvgIpc) is 3.09. The molecule has 2 N–H and O–H groups in total. The summed E-state index contributed by atoms with van der Waals surface area (Å²) in [5.74, 6) is -0.797. The molecule has 0 radical (unpaired) electrons. The zero-order chi connectivity index (χ0) is 26.0. The fourth-order valence-electron chi connectivity index (χ4n) is 3.73. The number of nitrogens with one attached hydrogen (secondary N) is 2. The van der Waals surface area contributed by atoms with Crippen molar-refractivity contribution in [1.82, 2.24) is 0 Å². The molecular weight excluding hydrogens is 482 g/mol. The van der Waals surface area contributed by atoms with Gasteiger partial charge in [0.1, 0.15) is 22.2 Å². The van der Waals surface area contributed by atoms with Crippen LogP contribution in [0.5, 0.6) is 11.5 Å². The van der Waals surface area contributed by atoms with Crippen LogP contribution in [0.15, 0.2) is 71.4 Å². The quantitative estimate of drug-likeness (QED) is 0.438. The number of aryl methyl sites for hydroxylation is 1. The van der Waals surface area contributed by atoms with Crippen LogP contribution < -0.4 is 25.0 Å². The first-order valence-corrected chi connectivity index (χ1v) is 11.4. The summed E-state index contributed by atoms with van der Waals surface area (Å²) < 4.78 is 10.5. The molecule has 0 unspecified atom stereocenters. The number of halogens is 1. The standard InChI is InChI=1S/C27H24ClN3O5/c1-15-6-5-7-20(16(15)2)30-25(32)17-8-10-18(11-9-17)29-24-23(28)26(33)31(27(24)34)21-13-12-19(35-3)14-22(21)36-4/h5-14,29H,1-4H3,(H,30,32). The number of ether oxygens (including phenoxy) is 2. The maximum atomic E-state index is 13.1. The van der Waals surface area contributed by atoms with E-state index in [-0.39, 0.29) is 28.1 Å². The maximum Gasteiger partial charge on any atom is 0.283 e.